The number of nitrogens with one attached hydrogen (secondary N) is 1. The number of rotatable bonds is 4. The maximum atomic E-state index is 6.22. The molecule has 0 spiro atoms. The molecule has 0 aliphatic heterocycles. The Hall–Kier alpha value is -1.59. The molecule has 0 bridgehead atoms. The molecule has 1 heterocycles. The van der Waals surface area contributed by atoms with Gasteiger partial charge in [-0.3, -0.25) is 4.68 Å². The lowest BCUT2D eigenvalue weighted by molar-refractivity contribution is 0.746. The lowest BCUT2D eigenvalue weighted by atomic mass is 10.2. The molecule has 1 aromatic carbocycles. The molecule has 0 unspecified atom stereocenters. The molecule has 0 aliphatic carbocycles. The normalized spacial score (nSPS) is 10.5. The molecule has 0 amide bonds. The highest BCUT2D eigenvalue weighted by Gasteiger charge is 2.09. The first-order valence-corrected chi connectivity index (χ1v) is 6.68. The first-order valence-electron chi connectivity index (χ1n) is 5.90. The van der Waals surface area contributed by atoms with Gasteiger partial charge in [0.15, 0.2) is 0 Å². The van der Waals surface area contributed by atoms with Gasteiger partial charge >= 0.3 is 0 Å². The van der Waals surface area contributed by atoms with Crippen LogP contribution in [0.2, 0.25) is 5.02 Å². The summed E-state index contributed by atoms with van der Waals surface area (Å²) >= 11 is 11.1. The molecular weight excluding hydrogens is 280 g/mol. The highest BCUT2D eigenvalue weighted by atomic mass is 35.5. The van der Waals surface area contributed by atoms with Crippen LogP contribution in [0.5, 0.6) is 0 Å². The average Bonchev–Trinajstić information content (AvgIpc) is 2.71. The van der Waals surface area contributed by atoms with Crippen molar-refractivity contribution in [3.05, 3.63) is 40.7 Å². The van der Waals surface area contributed by atoms with Crippen LogP contribution in [0.15, 0.2) is 24.4 Å². The predicted octanol–water partition coefficient (Wildman–Crippen LogP) is 3.01. The van der Waals surface area contributed by atoms with Crippen molar-refractivity contribution in [1.29, 1.82) is 0 Å². The van der Waals surface area contributed by atoms with E-state index in [-0.39, 0.29) is 0 Å². The Balaban J connectivity index is 2.30. The van der Waals surface area contributed by atoms with Crippen LogP contribution < -0.4 is 11.1 Å². The van der Waals surface area contributed by atoms with E-state index in [9.17, 15) is 0 Å². The predicted molar refractivity (Wildman–Crippen MR) is 83.2 cm³/mol. The van der Waals surface area contributed by atoms with Gasteiger partial charge in [-0.25, -0.2) is 0 Å². The minimum Gasteiger partial charge on any atom is -0.389 e. The fourth-order valence-corrected chi connectivity index (χ4v) is 2.17. The second-order valence-corrected chi connectivity index (χ2v) is 5.05. The van der Waals surface area contributed by atoms with Gasteiger partial charge in [0.05, 0.1) is 22.1 Å². The number of anilines is 2. The van der Waals surface area contributed by atoms with Crippen LogP contribution in [0.4, 0.5) is 11.4 Å². The van der Waals surface area contributed by atoms with E-state index < -0.39 is 0 Å². The van der Waals surface area contributed by atoms with Crippen molar-refractivity contribution in [2.45, 2.75) is 13.3 Å². The van der Waals surface area contributed by atoms with E-state index in [1.807, 2.05) is 25.4 Å². The zero-order chi connectivity index (χ0) is 14.0. The summed E-state index contributed by atoms with van der Waals surface area (Å²) in [4.78, 5) is 0.337. The number of hydrogen-bond acceptors (Lipinski definition) is 3. The van der Waals surface area contributed by atoms with Gasteiger partial charge in [0, 0.05) is 18.8 Å². The number of aryl methyl sites for hydroxylation is 2. The van der Waals surface area contributed by atoms with Crippen LogP contribution in [-0.2, 0) is 13.5 Å². The molecule has 100 valence electrons. The van der Waals surface area contributed by atoms with Crippen molar-refractivity contribution in [3.63, 3.8) is 0 Å². The molecular formula is C13H15ClN4S. The molecule has 19 heavy (non-hydrogen) atoms. The number of hydrogen-bond donors (Lipinski definition) is 2. The Labute approximate surface area is 122 Å². The number of nitrogens with two attached hydrogens (primary N) is 1. The Morgan fingerprint density at radius 2 is 2.21 bits per heavy atom. The van der Waals surface area contributed by atoms with Crippen molar-refractivity contribution in [2.24, 2.45) is 12.8 Å². The van der Waals surface area contributed by atoms with Crippen molar-refractivity contribution < 1.29 is 0 Å². The van der Waals surface area contributed by atoms with Gasteiger partial charge in [-0.2, -0.15) is 5.10 Å². The topological polar surface area (TPSA) is 55.9 Å². The summed E-state index contributed by atoms with van der Waals surface area (Å²) in [6.45, 7) is 2.06. The molecule has 2 aromatic rings. The molecule has 0 atom stereocenters. The van der Waals surface area contributed by atoms with Gasteiger partial charge in [-0.15, -0.1) is 0 Å². The van der Waals surface area contributed by atoms with Crippen LogP contribution in [-0.4, -0.2) is 14.8 Å². The molecule has 0 aliphatic rings. The van der Waals surface area contributed by atoms with E-state index in [4.69, 9.17) is 29.6 Å². The fourth-order valence-electron chi connectivity index (χ4n) is 1.81. The van der Waals surface area contributed by atoms with Crippen LogP contribution >= 0.6 is 23.8 Å². The first-order chi connectivity index (χ1) is 9.01. The molecule has 2 rings (SSSR count). The highest BCUT2D eigenvalue weighted by molar-refractivity contribution is 7.80. The lowest BCUT2D eigenvalue weighted by Gasteiger charge is -2.09. The summed E-state index contributed by atoms with van der Waals surface area (Å²) in [6, 6.07) is 5.47. The molecule has 0 radical (unpaired) electrons. The molecule has 0 saturated carbocycles. The van der Waals surface area contributed by atoms with Crippen molar-refractivity contribution >= 4 is 40.2 Å². The lowest BCUT2D eigenvalue weighted by Crippen LogP contribution is -2.09. The number of halogens is 1. The van der Waals surface area contributed by atoms with E-state index >= 15 is 0 Å². The SMILES string of the molecule is CCc1nn(C)cc1Nc1ccc(C(N)=S)cc1Cl. The summed E-state index contributed by atoms with van der Waals surface area (Å²) in [5.74, 6) is 0. The number of thiocarbonyl (C=S) groups is 1. The Morgan fingerprint density at radius 1 is 1.47 bits per heavy atom. The third kappa shape index (κ3) is 3.05. The highest BCUT2D eigenvalue weighted by Crippen LogP contribution is 2.28. The van der Waals surface area contributed by atoms with Gasteiger partial charge < -0.3 is 11.1 Å². The van der Waals surface area contributed by atoms with E-state index in [1.165, 1.54) is 0 Å². The van der Waals surface area contributed by atoms with Gasteiger partial charge in [-0.05, 0) is 24.6 Å². The summed E-state index contributed by atoms with van der Waals surface area (Å²) in [5.41, 5.74) is 9.09. The van der Waals surface area contributed by atoms with Gasteiger partial charge in [-0.1, -0.05) is 30.7 Å². The zero-order valence-electron chi connectivity index (χ0n) is 10.8. The summed E-state index contributed by atoms with van der Waals surface area (Å²) in [7, 11) is 1.89. The van der Waals surface area contributed by atoms with E-state index in [1.54, 1.807) is 10.7 Å². The maximum absolute atomic E-state index is 6.22. The molecule has 1 aromatic heterocycles. The van der Waals surface area contributed by atoms with Gasteiger partial charge in [0.2, 0.25) is 0 Å². The monoisotopic (exact) mass is 294 g/mol. The number of nitrogens with zero attached hydrogens (tertiary/aromatic N) is 2. The van der Waals surface area contributed by atoms with Crippen molar-refractivity contribution in [1.82, 2.24) is 9.78 Å². The largest absolute Gasteiger partial charge is 0.389 e. The van der Waals surface area contributed by atoms with Crippen LogP contribution in [0.25, 0.3) is 0 Å². The molecule has 0 fully saturated rings. The Morgan fingerprint density at radius 3 is 2.79 bits per heavy atom. The van der Waals surface area contributed by atoms with Crippen molar-refractivity contribution in [3.8, 4) is 0 Å². The molecule has 0 saturated heterocycles. The van der Waals surface area contributed by atoms with Crippen molar-refractivity contribution in [2.75, 3.05) is 5.32 Å². The van der Waals surface area contributed by atoms with E-state index in [2.05, 4.69) is 17.3 Å². The zero-order valence-corrected chi connectivity index (χ0v) is 12.3. The average molecular weight is 295 g/mol. The minimum absolute atomic E-state index is 0.337. The van der Waals surface area contributed by atoms with E-state index in [0.29, 0.717) is 10.0 Å². The standard InChI is InChI=1S/C13H15ClN4S/c1-3-10-12(7-18(2)17-10)16-11-5-4-8(13(15)19)6-9(11)14/h4-7,16H,3H2,1-2H3,(H2,15,19). The van der Waals surface area contributed by atoms with Crippen LogP contribution in [0.1, 0.15) is 18.2 Å². The van der Waals surface area contributed by atoms with E-state index in [0.717, 1.165) is 29.1 Å². The second kappa shape index (κ2) is 5.59. The Kier molecular flexibility index (Phi) is 4.07. The molecule has 6 heteroatoms. The smallest absolute Gasteiger partial charge is 0.104 e. The van der Waals surface area contributed by atoms with Gasteiger partial charge in [0.25, 0.3) is 0 Å². The second-order valence-electron chi connectivity index (χ2n) is 4.20. The quantitative estimate of drug-likeness (QED) is 0.851. The summed E-state index contributed by atoms with van der Waals surface area (Å²) in [5, 5.41) is 8.23. The van der Waals surface area contributed by atoms with Crippen LogP contribution in [0.3, 0.4) is 0 Å². The first kappa shape index (κ1) is 13.8. The number of benzene rings is 1. The summed E-state index contributed by atoms with van der Waals surface area (Å²) < 4.78 is 1.78. The molecule has 4 nitrogen and oxygen atoms in total. The minimum atomic E-state index is 0.337. The Bertz CT molecular complexity index is 621. The van der Waals surface area contributed by atoms with Crippen LogP contribution in [0, 0.1) is 0 Å². The maximum Gasteiger partial charge on any atom is 0.104 e. The van der Waals surface area contributed by atoms with Gasteiger partial charge in [0.1, 0.15) is 4.99 Å². The summed E-state index contributed by atoms with van der Waals surface area (Å²) in [6.07, 6.45) is 2.78. The third-order valence-corrected chi connectivity index (χ3v) is 3.31. The molecule has 3 N–H and O–H groups in total. The fraction of sp³-hybridized carbons (Fsp3) is 0.231. The third-order valence-electron chi connectivity index (χ3n) is 2.76. The number of aromatic nitrogens is 2.